The van der Waals surface area contributed by atoms with Gasteiger partial charge in [-0.1, -0.05) is 32.4 Å². The van der Waals surface area contributed by atoms with Crippen molar-refractivity contribution in [2.75, 3.05) is 14.2 Å². The molecule has 1 aromatic rings. The Balaban J connectivity index is 2.86. The molecule has 1 N–H and O–H groups in total. The van der Waals surface area contributed by atoms with Crippen molar-refractivity contribution in [1.29, 1.82) is 0 Å². The largest absolute Gasteiger partial charge is 0.494 e. The Morgan fingerprint density at radius 3 is 2.65 bits per heavy atom. The van der Waals surface area contributed by atoms with E-state index < -0.39 is 0 Å². The molecule has 0 spiro atoms. The molecule has 0 saturated heterocycles. The van der Waals surface area contributed by atoms with Crippen molar-refractivity contribution in [1.82, 2.24) is 5.32 Å². The third-order valence-corrected chi connectivity index (χ3v) is 3.40. The Morgan fingerprint density at radius 2 is 2.12 bits per heavy atom. The number of benzene rings is 1. The summed E-state index contributed by atoms with van der Waals surface area (Å²) >= 11 is 0. The predicted molar refractivity (Wildman–Crippen MR) is 69.0 cm³/mol. The fourth-order valence-corrected chi connectivity index (χ4v) is 1.98. The molecule has 0 aliphatic heterocycles. The van der Waals surface area contributed by atoms with Gasteiger partial charge in [-0.05, 0) is 31.0 Å². The third kappa shape index (κ3) is 3.43. The van der Waals surface area contributed by atoms with Crippen molar-refractivity contribution in [2.45, 2.75) is 32.7 Å². The Labute approximate surface area is 103 Å². The first kappa shape index (κ1) is 14.0. The van der Waals surface area contributed by atoms with Gasteiger partial charge in [-0.3, -0.25) is 0 Å². The van der Waals surface area contributed by atoms with Gasteiger partial charge in [0.25, 0.3) is 0 Å². The van der Waals surface area contributed by atoms with Crippen LogP contribution in [0.3, 0.4) is 0 Å². The molecule has 0 amide bonds. The third-order valence-electron chi connectivity index (χ3n) is 3.40. The highest BCUT2D eigenvalue weighted by Gasteiger charge is 2.17. The van der Waals surface area contributed by atoms with Gasteiger partial charge in [0.2, 0.25) is 0 Å². The van der Waals surface area contributed by atoms with E-state index in [-0.39, 0.29) is 5.82 Å². The van der Waals surface area contributed by atoms with Crippen molar-refractivity contribution < 1.29 is 9.13 Å². The van der Waals surface area contributed by atoms with E-state index in [1.807, 2.05) is 19.2 Å². The summed E-state index contributed by atoms with van der Waals surface area (Å²) in [6, 6.07) is 5.60. The molecule has 0 aromatic heterocycles. The second-order valence-corrected chi connectivity index (χ2v) is 4.42. The molecule has 0 heterocycles. The number of hydrogen-bond donors (Lipinski definition) is 1. The average Bonchev–Trinajstić information content (AvgIpc) is 2.36. The number of likely N-dealkylation sites (N-methyl/N-ethyl adjacent to an activating group) is 1. The lowest BCUT2D eigenvalue weighted by Gasteiger charge is -2.23. The minimum Gasteiger partial charge on any atom is -0.494 e. The van der Waals surface area contributed by atoms with Crippen LogP contribution >= 0.6 is 0 Å². The highest BCUT2D eigenvalue weighted by molar-refractivity contribution is 5.31. The molecule has 0 fully saturated rings. The van der Waals surface area contributed by atoms with Gasteiger partial charge in [-0.15, -0.1) is 0 Å². The van der Waals surface area contributed by atoms with Crippen LogP contribution in [-0.2, 0) is 6.42 Å². The molecule has 0 aliphatic carbocycles. The summed E-state index contributed by atoms with van der Waals surface area (Å²) in [7, 11) is 3.42. The van der Waals surface area contributed by atoms with Crippen LogP contribution in [0.1, 0.15) is 25.8 Å². The molecule has 3 heteroatoms. The first-order valence-corrected chi connectivity index (χ1v) is 6.12. The van der Waals surface area contributed by atoms with Crippen LogP contribution in [-0.4, -0.2) is 20.2 Å². The van der Waals surface area contributed by atoms with Gasteiger partial charge in [-0.2, -0.15) is 0 Å². The smallest absolute Gasteiger partial charge is 0.168 e. The van der Waals surface area contributed by atoms with E-state index in [1.54, 1.807) is 6.07 Å². The Hall–Kier alpha value is -1.09. The summed E-state index contributed by atoms with van der Waals surface area (Å²) < 4.78 is 19.0. The normalized spacial score (nSPS) is 14.4. The van der Waals surface area contributed by atoms with Gasteiger partial charge < -0.3 is 10.1 Å². The zero-order valence-electron chi connectivity index (χ0n) is 11.1. The zero-order valence-corrected chi connectivity index (χ0v) is 11.1. The lowest BCUT2D eigenvalue weighted by Crippen LogP contribution is -2.34. The summed E-state index contributed by atoms with van der Waals surface area (Å²) in [6.45, 7) is 4.33. The van der Waals surface area contributed by atoms with Gasteiger partial charge in [0.15, 0.2) is 11.6 Å². The number of halogens is 1. The Bertz CT molecular complexity index is 354. The molecule has 0 aliphatic rings. The molecular formula is C14H22FNO. The van der Waals surface area contributed by atoms with Crippen LogP contribution in [0.5, 0.6) is 5.75 Å². The first-order chi connectivity index (χ1) is 8.13. The summed E-state index contributed by atoms with van der Waals surface area (Å²) in [5, 5.41) is 3.26. The number of methoxy groups -OCH3 is 1. The summed E-state index contributed by atoms with van der Waals surface area (Å²) in [4.78, 5) is 0. The van der Waals surface area contributed by atoms with Crippen molar-refractivity contribution in [2.24, 2.45) is 5.92 Å². The SMILES string of the molecule is CCC(C)C(Cc1cccc(OC)c1F)NC. The monoisotopic (exact) mass is 239 g/mol. The topological polar surface area (TPSA) is 21.3 Å². The molecule has 0 bridgehead atoms. The lowest BCUT2D eigenvalue weighted by atomic mass is 9.93. The fraction of sp³-hybridized carbons (Fsp3) is 0.571. The van der Waals surface area contributed by atoms with Crippen LogP contribution in [0.4, 0.5) is 4.39 Å². The highest BCUT2D eigenvalue weighted by Crippen LogP contribution is 2.22. The van der Waals surface area contributed by atoms with Crippen LogP contribution in [0.15, 0.2) is 18.2 Å². The number of hydrogen-bond acceptors (Lipinski definition) is 2. The van der Waals surface area contributed by atoms with Gasteiger partial charge in [-0.25, -0.2) is 4.39 Å². The van der Waals surface area contributed by atoms with Gasteiger partial charge >= 0.3 is 0 Å². The van der Waals surface area contributed by atoms with Gasteiger partial charge in [0, 0.05) is 6.04 Å². The summed E-state index contributed by atoms with van der Waals surface area (Å²) in [5.74, 6) is 0.602. The molecule has 0 saturated carbocycles. The van der Waals surface area contributed by atoms with E-state index in [0.717, 1.165) is 6.42 Å². The number of ether oxygens (including phenoxy) is 1. The second kappa shape index (κ2) is 6.60. The summed E-state index contributed by atoms with van der Waals surface area (Å²) in [6.07, 6.45) is 1.77. The zero-order chi connectivity index (χ0) is 12.8. The first-order valence-electron chi connectivity index (χ1n) is 6.12. The van der Waals surface area contributed by atoms with Crippen LogP contribution in [0, 0.1) is 11.7 Å². The molecule has 2 atom stereocenters. The maximum absolute atomic E-state index is 14.0. The molecule has 0 radical (unpaired) electrons. The van der Waals surface area contributed by atoms with E-state index in [1.165, 1.54) is 7.11 Å². The minimum absolute atomic E-state index is 0.237. The van der Waals surface area contributed by atoms with Crippen molar-refractivity contribution in [3.63, 3.8) is 0 Å². The van der Waals surface area contributed by atoms with Gasteiger partial charge in [0.1, 0.15) is 0 Å². The maximum Gasteiger partial charge on any atom is 0.168 e. The molecule has 1 aromatic carbocycles. The van der Waals surface area contributed by atoms with E-state index >= 15 is 0 Å². The van der Waals surface area contributed by atoms with Crippen LogP contribution in [0.25, 0.3) is 0 Å². The van der Waals surface area contributed by atoms with Crippen LogP contribution in [0.2, 0.25) is 0 Å². The van der Waals surface area contributed by atoms with Crippen molar-refractivity contribution in [3.05, 3.63) is 29.6 Å². The molecule has 17 heavy (non-hydrogen) atoms. The Morgan fingerprint density at radius 1 is 1.41 bits per heavy atom. The number of nitrogens with one attached hydrogen (secondary N) is 1. The van der Waals surface area contributed by atoms with Gasteiger partial charge in [0.05, 0.1) is 7.11 Å². The number of rotatable bonds is 6. The molecule has 2 nitrogen and oxygen atoms in total. The predicted octanol–water partition coefficient (Wildman–Crippen LogP) is 3.01. The fourth-order valence-electron chi connectivity index (χ4n) is 1.98. The van der Waals surface area contributed by atoms with E-state index in [0.29, 0.717) is 29.7 Å². The quantitative estimate of drug-likeness (QED) is 0.824. The van der Waals surface area contributed by atoms with E-state index in [9.17, 15) is 4.39 Å². The second-order valence-electron chi connectivity index (χ2n) is 4.42. The maximum atomic E-state index is 14.0. The average molecular weight is 239 g/mol. The molecule has 2 unspecified atom stereocenters. The minimum atomic E-state index is -0.237. The van der Waals surface area contributed by atoms with Crippen molar-refractivity contribution in [3.8, 4) is 5.75 Å². The molecular weight excluding hydrogens is 217 g/mol. The highest BCUT2D eigenvalue weighted by atomic mass is 19.1. The Kier molecular flexibility index (Phi) is 5.42. The summed E-state index contributed by atoms with van der Waals surface area (Å²) in [5.41, 5.74) is 0.712. The van der Waals surface area contributed by atoms with E-state index in [2.05, 4.69) is 19.2 Å². The van der Waals surface area contributed by atoms with E-state index in [4.69, 9.17) is 4.74 Å². The standard InChI is InChI=1S/C14H22FNO/c1-5-10(2)12(16-3)9-11-7-6-8-13(17-4)14(11)15/h6-8,10,12,16H,5,9H2,1-4H3. The molecule has 1 rings (SSSR count). The lowest BCUT2D eigenvalue weighted by molar-refractivity contribution is 0.367. The molecule has 96 valence electrons. The van der Waals surface area contributed by atoms with Crippen molar-refractivity contribution >= 4 is 0 Å². The van der Waals surface area contributed by atoms with Crippen LogP contribution < -0.4 is 10.1 Å².